The minimum atomic E-state index is -0.168. The number of hydrogen-bond acceptors (Lipinski definition) is 3. The van der Waals surface area contributed by atoms with E-state index in [9.17, 15) is 9.59 Å². The Bertz CT molecular complexity index is 564. The highest BCUT2D eigenvalue weighted by molar-refractivity contribution is 5.89. The van der Waals surface area contributed by atoms with Crippen LogP contribution < -0.4 is 4.74 Å². The fraction of sp³-hybridized carbons (Fsp3) is 0.556. The van der Waals surface area contributed by atoms with Crippen LogP contribution in [0.3, 0.4) is 0 Å². The SMILES string of the molecule is COc1ccc(CN2CC(C(=O)N3CCCCC3)CC2=O)cc1. The zero-order valence-corrected chi connectivity index (χ0v) is 13.7. The lowest BCUT2D eigenvalue weighted by Crippen LogP contribution is -2.40. The molecule has 5 heteroatoms. The Balaban J connectivity index is 1.59. The van der Waals surface area contributed by atoms with Crippen molar-refractivity contribution in [2.45, 2.75) is 32.2 Å². The highest BCUT2D eigenvalue weighted by atomic mass is 16.5. The zero-order chi connectivity index (χ0) is 16.2. The Kier molecular flexibility index (Phi) is 4.84. The number of hydrogen-bond donors (Lipinski definition) is 0. The van der Waals surface area contributed by atoms with Gasteiger partial charge in [0.05, 0.1) is 13.0 Å². The normalized spacial score (nSPS) is 21.6. The van der Waals surface area contributed by atoms with E-state index in [1.165, 1.54) is 6.42 Å². The van der Waals surface area contributed by atoms with E-state index < -0.39 is 0 Å². The molecule has 2 aliphatic rings. The molecule has 0 radical (unpaired) electrons. The van der Waals surface area contributed by atoms with Crippen LogP contribution in [0.5, 0.6) is 5.75 Å². The Morgan fingerprint density at radius 1 is 1.17 bits per heavy atom. The second-order valence-corrected chi connectivity index (χ2v) is 6.41. The molecule has 0 spiro atoms. The van der Waals surface area contributed by atoms with Crippen LogP contribution in [0, 0.1) is 5.92 Å². The molecular weight excluding hydrogens is 292 g/mol. The van der Waals surface area contributed by atoms with E-state index in [0.717, 1.165) is 37.2 Å². The number of nitrogens with zero attached hydrogens (tertiary/aromatic N) is 2. The quantitative estimate of drug-likeness (QED) is 0.854. The van der Waals surface area contributed by atoms with Crippen LogP contribution >= 0.6 is 0 Å². The number of likely N-dealkylation sites (tertiary alicyclic amines) is 2. The van der Waals surface area contributed by atoms with Crippen LogP contribution in [0.1, 0.15) is 31.2 Å². The molecule has 2 fully saturated rings. The van der Waals surface area contributed by atoms with Crippen molar-refractivity contribution in [1.82, 2.24) is 9.80 Å². The Labute approximate surface area is 137 Å². The molecule has 124 valence electrons. The van der Waals surface area contributed by atoms with Gasteiger partial charge in [0.25, 0.3) is 0 Å². The van der Waals surface area contributed by atoms with Crippen molar-refractivity contribution in [2.24, 2.45) is 5.92 Å². The van der Waals surface area contributed by atoms with Crippen LogP contribution in [0.25, 0.3) is 0 Å². The molecule has 0 N–H and O–H groups in total. The van der Waals surface area contributed by atoms with Gasteiger partial charge in [-0.3, -0.25) is 9.59 Å². The van der Waals surface area contributed by atoms with Gasteiger partial charge in [0.2, 0.25) is 11.8 Å². The van der Waals surface area contributed by atoms with E-state index in [1.54, 1.807) is 12.0 Å². The van der Waals surface area contributed by atoms with Gasteiger partial charge in [-0.2, -0.15) is 0 Å². The number of amides is 2. The summed E-state index contributed by atoms with van der Waals surface area (Å²) in [4.78, 5) is 28.5. The maximum absolute atomic E-state index is 12.6. The molecule has 0 aromatic heterocycles. The second kappa shape index (κ2) is 7.02. The summed E-state index contributed by atoms with van der Waals surface area (Å²) in [6, 6.07) is 7.72. The van der Waals surface area contributed by atoms with Crippen molar-refractivity contribution >= 4 is 11.8 Å². The van der Waals surface area contributed by atoms with Crippen molar-refractivity contribution in [1.29, 1.82) is 0 Å². The average Bonchev–Trinajstić information content (AvgIpc) is 2.96. The molecular formula is C18H24N2O3. The zero-order valence-electron chi connectivity index (χ0n) is 13.7. The minimum absolute atomic E-state index is 0.0798. The molecule has 2 heterocycles. The van der Waals surface area contributed by atoms with Gasteiger partial charge < -0.3 is 14.5 Å². The summed E-state index contributed by atoms with van der Waals surface area (Å²) in [6.07, 6.45) is 3.73. The maximum atomic E-state index is 12.6. The van der Waals surface area contributed by atoms with Crippen molar-refractivity contribution < 1.29 is 14.3 Å². The van der Waals surface area contributed by atoms with Crippen LogP contribution in [0.4, 0.5) is 0 Å². The van der Waals surface area contributed by atoms with Gasteiger partial charge in [0.1, 0.15) is 5.75 Å². The number of carbonyl (C=O) groups is 2. The molecule has 2 aliphatic heterocycles. The molecule has 1 atom stereocenters. The highest BCUT2D eigenvalue weighted by Crippen LogP contribution is 2.24. The molecule has 0 bridgehead atoms. The largest absolute Gasteiger partial charge is 0.497 e. The van der Waals surface area contributed by atoms with Gasteiger partial charge in [0.15, 0.2) is 0 Å². The molecule has 1 aromatic carbocycles. The first kappa shape index (κ1) is 15.8. The Morgan fingerprint density at radius 3 is 2.52 bits per heavy atom. The minimum Gasteiger partial charge on any atom is -0.497 e. The standard InChI is InChI=1S/C18H24N2O3/c1-23-16-7-5-14(6-8-16)12-20-13-15(11-17(20)21)18(22)19-9-3-2-4-10-19/h5-8,15H,2-4,9-13H2,1H3. The van der Waals surface area contributed by atoms with Gasteiger partial charge in [-0.05, 0) is 37.0 Å². The molecule has 0 aliphatic carbocycles. The van der Waals surface area contributed by atoms with Crippen molar-refractivity contribution in [3.05, 3.63) is 29.8 Å². The molecule has 2 saturated heterocycles. The van der Waals surface area contributed by atoms with E-state index in [4.69, 9.17) is 4.74 Å². The lowest BCUT2D eigenvalue weighted by Gasteiger charge is -2.29. The van der Waals surface area contributed by atoms with Gasteiger partial charge in [0, 0.05) is 32.6 Å². The number of benzene rings is 1. The van der Waals surface area contributed by atoms with Crippen molar-refractivity contribution in [3.63, 3.8) is 0 Å². The second-order valence-electron chi connectivity index (χ2n) is 6.41. The number of carbonyl (C=O) groups excluding carboxylic acids is 2. The summed E-state index contributed by atoms with van der Waals surface area (Å²) >= 11 is 0. The van der Waals surface area contributed by atoms with E-state index in [1.807, 2.05) is 29.2 Å². The lowest BCUT2D eigenvalue weighted by atomic mass is 10.0. The van der Waals surface area contributed by atoms with Gasteiger partial charge in [-0.25, -0.2) is 0 Å². The molecule has 5 nitrogen and oxygen atoms in total. The summed E-state index contributed by atoms with van der Waals surface area (Å²) in [6.45, 7) is 2.80. The Hall–Kier alpha value is -2.04. The highest BCUT2D eigenvalue weighted by Gasteiger charge is 2.36. The monoisotopic (exact) mass is 316 g/mol. The third-order valence-electron chi connectivity index (χ3n) is 4.76. The van der Waals surface area contributed by atoms with Crippen molar-refractivity contribution in [2.75, 3.05) is 26.7 Å². The van der Waals surface area contributed by atoms with Crippen LogP contribution in [-0.4, -0.2) is 48.4 Å². The fourth-order valence-electron chi connectivity index (χ4n) is 3.41. The summed E-state index contributed by atoms with van der Waals surface area (Å²) in [5.41, 5.74) is 1.06. The van der Waals surface area contributed by atoms with Crippen LogP contribution in [0.2, 0.25) is 0 Å². The van der Waals surface area contributed by atoms with Crippen LogP contribution in [-0.2, 0) is 16.1 Å². The van der Waals surface area contributed by atoms with Gasteiger partial charge in [-0.1, -0.05) is 12.1 Å². The van der Waals surface area contributed by atoms with E-state index in [0.29, 0.717) is 19.5 Å². The van der Waals surface area contributed by atoms with Gasteiger partial charge >= 0.3 is 0 Å². The van der Waals surface area contributed by atoms with E-state index in [2.05, 4.69) is 0 Å². The molecule has 1 unspecified atom stereocenters. The summed E-state index contributed by atoms with van der Waals surface area (Å²) in [5, 5.41) is 0. The topological polar surface area (TPSA) is 49.9 Å². The number of methoxy groups -OCH3 is 1. The smallest absolute Gasteiger partial charge is 0.227 e. The first-order valence-corrected chi connectivity index (χ1v) is 8.37. The number of ether oxygens (including phenoxy) is 1. The predicted octanol–water partition coefficient (Wildman–Crippen LogP) is 2.06. The van der Waals surface area contributed by atoms with E-state index in [-0.39, 0.29) is 17.7 Å². The first-order chi connectivity index (χ1) is 11.2. The number of rotatable bonds is 4. The lowest BCUT2D eigenvalue weighted by molar-refractivity contribution is -0.136. The number of piperidine rings is 1. The van der Waals surface area contributed by atoms with Crippen LogP contribution in [0.15, 0.2) is 24.3 Å². The Morgan fingerprint density at radius 2 is 1.87 bits per heavy atom. The molecule has 0 saturated carbocycles. The maximum Gasteiger partial charge on any atom is 0.227 e. The fourth-order valence-corrected chi connectivity index (χ4v) is 3.41. The average molecular weight is 316 g/mol. The van der Waals surface area contributed by atoms with Gasteiger partial charge in [-0.15, -0.1) is 0 Å². The first-order valence-electron chi connectivity index (χ1n) is 8.37. The predicted molar refractivity (Wildman–Crippen MR) is 86.9 cm³/mol. The molecule has 23 heavy (non-hydrogen) atoms. The third kappa shape index (κ3) is 3.66. The van der Waals surface area contributed by atoms with Crippen molar-refractivity contribution in [3.8, 4) is 5.75 Å². The molecule has 1 aromatic rings. The summed E-state index contributed by atoms with van der Waals surface area (Å²) in [7, 11) is 1.63. The van der Waals surface area contributed by atoms with E-state index >= 15 is 0 Å². The molecule has 2 amide bonds. The summed E-state index contributed by atoms with van der Waals surface area (Å²) in [5.74, 6) is 0.880. The third-order valence-corrected chi connectivity index (χ3v) is 4.76. The summed E-state index contributed by atoms with van der Waals surface area (Å²) < 4.78 is 5.15. The molecule has 3 rings (SSSR count).